The summed E-state index contributed by atoms with van der Waals surface area (Å²) in [5, 5.41) is 6.95. The molecule has 0 aromatic carbocycles. The normalized spacial score (nSPS) is 25.9. The molecule has 0 bridgehead atoms. The molecule has 1 N–H and O–H groups in total. The molecule has 1 aromatic rings. The van der Waals surface area contributed by atoms with Gasteiger partial charge in [0, 0.05) is 51.4 Å². The van der Waals surface area contributed by atoms with Gasteiger partial charge in [-0.2, -0.15) is 0 Å². The first kappa shape index (κ1) is 24.6. The average molecular weight is 483 g/mol. The number of aromatic nitrogens is 1. The Labute approximate surface area is 197 Å². The van der Waals surface area contributed by atoms with Gasteiger partial charge in [0.25, 0.3) is 5.91 Å². The summed E-state index contributed by atoms with van der Waals surface area (Å²) in [6, 6.07) is 1.67. The highest BCUT2D eigenvalue weighted by molar-refractivity contribution is 7.89. The second kappa shape index (κ2) is 10.8. The lowest BCUT2D eigenvalue weighted by molar-refractivity contribution is 0.0891. The summed E-state index contributed by atoms with van der Waals surface area (Å²) in [5.74, 6) is 1.44. The van der Waals surface area contributed by atoms with E-state index in [1.165, 1.54) is 0 Å². The zero-order valence-corrected chi connectivity index (χ0v) is 20.7. The molecule has 0 spiro atoms. The molecule has 3 fully saturated rings. The van der Waals surface area contributed by atoms with E-state index in [0.29, 0.717) is 31.1 Å². The number of methoxy groups -OCH3 is 1. The van der Waals surface area contributed by atoms with Crippen LogP contribution in [0.1, 0.15) is 67.6 Å². The molecular weight excluding hydrogens is 444 g/mol. The minimum atomic E-state index is -3.30. The Balaban J connectivity index is 1.22. The van der Waals surface area contributed by atoms with E-state index in [-0.39, 0.29) is 29.5 Å². The molecule has 1 aliphatic carbocycles. The Morgan fingerprint density at radius 2 is 1.97 bits per heavy atom. The fourth-order valence-electron chi connectivity index (χ4n) is 4.99. The number of carbonyl (C=O) groups is 1. The molecule has 9 nitrogen and oxygen atoms in total. The highest BCUT2D eigenvalue weighted by Crippen LogP contribution is 2.40. The monoisotopic (exact) mass is 482 g/mol. The molecule has 0 unspecified atom stereocenters. The summed E-state index contributed by atoms with van der Waals surface area (Å²) in [5.41, 5.74) is 0.313. The molecule has 3 heterocycles. The maximum atomic E-state index is 13.1. The van der Waals surface area contributed by atoms with Crippen molar-refractivity contribution in [3.05, 3.63) is 17.5 Å². The van der Waals surface area contributed by atoms with Crippen molar-refractivity contribution >= 4 is 15.9 Å². The zero-order chi connectivity index (χ0) is 23.4. The van der Waals surface area contributed by atoms with Gasteiger partial charge in [-0.05, 0) is 63.5 Å². The van der Waals surface area contributed by atoms with Gasteiger partial charge in [0.2, 0.25) is 10.0 Å². The largest absolute Gasteiger partial charge is 0.385 e. The molecule has 1 amide bonds. The van der Waals surface area contributed by atoms with E-state index in [4.69, 9.17) is 9.26 Å². The Morgan fingerprint density at radius 1 is 1.21 bits per heavy atom. The van der Waals surface area contributed by atoms with Crippen molar-refractivity contribution in [2.45, 2.75) is 57.4 Å². The highest BCUT2D eigenvalue weighted by atomic mass is 32.2. The van der Waals surface area contributed by atoms with Gasteiger partial charge in [0.05, 0.1) is 5.75 Å². The first-order chi connectivity index (χ1) is 15.9. The predicted molar refractivity (Wildman–Crippen MR) is 125 cm³/mol. The van der Waals surface area contributed by atoms with E-state index < -0.39 is 10.0 Å². The number of likely N-dealkylation sites (tertiary alicyclic amines) is 1. The molecule has 186 valence electrons. The van der Waals surface area contributed by atoms with Crippen LogP contribution >= 0.6 is 0 Å². The standard InChI is InChI=1S/C23H38N4O5S/c1-17-15-27(33(29,30)16-18-6-10-26(11-7-18)9-3-13-31-2)12-8-20(17)24-23(28)21-14-22(32-25-21)19-4-5-19/h14,17-20H,3-13,15-16H2,1-2H3,(H,24,28)/t17-,20+/m0/s1. The lowest BCUT2D eigenvalue weighted by Crippen LogP contribution is -2.52. The van der Waals surface area contributed by atoms with E-state index in [0.717, 1.165) is 64.1 Å². The number of sulfonamides is 1. The minimum absolute atomic E-state index is 0.0370. The number of piperidine rings is 2. The molecule has 2 aliphatic heterocycles. The van der Waals surface area contributed by atoms with Crippen LogP contribution in [0, 0.1) is 11.8 Å². The molecule has 2 saturated heterocycles. The van der Waals surface area contributed by atoms with Gasteiger partial charge in [0.15, 0.2) is 5.69 Å². The molecule has 3 aliphatic rings. The molecule has 2 atom stereocenters. The molecule has 0 radical (unpaired) electrons. The van der Waals surface area contributed by atoms with Crippen LogP contribution in [0.2, 0.25) is 0 Å². The number of carbonyl (C=O) groups excluding carboxylic acids is 1. The van der Waals surface area contributed by atoms with Crippen molar-refractivity contribution in [2.75, 3.05) is 52.2 Å². The van der Waals surface area contributed by atoms with Gasteiger partial charge >= 0.3 is 0 Å². The quantitative estimate of drug-likeness (QED) is 0.509. The first-order valence-corrected chi connectivity index (χ1v) is 13.9. The summed E-state index contributed by atoms with van der Waals surface area (Å²) < 4.78 is 38.2. The van der Waals surface area contributed by atoms with Crippen LogP contribution in [0.15, 0.2) is 10.6 Å². The van der Waals surface area contributed by atoms with Crippen LogP contribution < -0.4 is 5.32 Å². The summed E-state index contributed by atoms with van der Waals surface area (Å²) in [4.78, 5) is 15.0. The number of hydrogen-bond acceptors (Lipinski definition) is 7. The molecule has 33 heavy (non-hydrogen) atoms. The third kappa shape index (κ3) is 6.55. The number of hydrogen-bond donors (Lipinski definition) is 1. The third-order valence-corrected chi connectivity index (χ3v) is 9.31. The molecule has 1 saturated carbocycles. The molecule has 4 rings (SSSR count). The van der Waals surface area contributed by atoms with Crippen LogP contribution in [-0.2, 0) is 14.8 Å². The minimum Gasteiger partial charge on any atom is -0.385 e. The summed E-state index contributed by atoms with van der Waals surface area (Å²) in [6.45, 7) is 6.58. The van der Waals surface area contributed by atoms with Crippen LogP contribution in [0.25, 0.3) is 0 Å². The maximum absolute atomic E-state index is 13.1. The van der Waals surface area contributed by atoms with Crippen molar-refractivity contribution in [3.63, 3.8) is 0 Å². The van der Waals surface area contributed by atoms with Crippen molar-refractivity contribution in [3.8, 4) is 0 Å². The second-order valence-electron chi connectivity index (χ2n) is 10.0. The van der Waals surface area contributed by atoms with Crippen LogP contribution in [0.3, 0.4) is 0 Å². The SMILES string of the molecule is COCCCN1CCC(CS(=O)(=O)N2CC[C@@H](NC(=O)c3cc(C4CC4)on3)[C@@H](C)C2)CC1. The van der Waals surface area contributed by atoms with Crippen molar-refractivity contribution in [1.29, 1.82) is 0 Å². The molecule has 1 aromatic heterocycles. The Morgan fingerprint density at radius 3 is 2.64 bits per heavy atom. The van der Waals surface area contributed by atoms with Gasteiger partial charge in [0.1, 0.15) is 5.76 Å². The Kier molecular flexibility index (Phi) is 8.09. The van der Waals surface area contributed by atoms with Gasteiger partial charge in [-0.15, -0.1) is 0 Å². The van der Waals surface area contributed by atoms with E-state index in [1.54, 1.807) is 17.5 Å². The first-order valence-electron chi connectivity index (χ1n) is 12.3. The van der Waals surface area contributed by atoms with Crippen molar-refractivity contribution in [1.82, 2.24) is 19.7 Å². The Hall–Kier alpha value is -1.49. The van der Waals surface area contributed by atoms with E-state index in [9.17, 15) is 13.2 Å². The van der Waals surface area contributed by atoms with Crippen molar-refractivity contribution in [2.24, 2.45) is 11.8 Å². The van der Waals surface area contributed by atoms with Crippen molar-refractivity contribution < 1.29 is 22.5 Å². The number of rotatable bonds is 10. The lowest BCUT2D eigenvalue weighted by atomic mass is 9.95. The van der Waals surface area contributed by atoms with E-state index >= 15 is 0 Å². The molecule has 10 heteroatoms. The number of nitrogens with zero attached hydrogens (tertiary/aromatic N) is 3. The van der Waals surface area contributed by atoms with Gasteiger partial charge in [-0.1, -0.05) is 12.1 Å². The van der Waals surface area contributed by atoms with Gasteiger partial charge in [-0.25, -0.2) is 12.7 Å². The maximum Gasteiger partial charge on any atom is 0.273 e. The fourth-order valence-corrected chi connectivity index (χ4v) is 6.97. The third-order valence-electron chi connectivity index (χ3n) is 7.29. The van der Waals surface area contributed by atoms with Crippen LogP contribution in [0.4, 0.5) is 0 Å². The van der Waals surface area contributed by atoms with Crippen LogP contribution in [-0.4, -0.2) is 86.9 Å². The number of amides is 1. The fraction of sp³-hybridized carbons (Fsp3) is 0.826. The average Bonchev–Trinajstić information content (AvgIpc) is 3.52. The highest BCUT2D eigenvalue weighted by Gasteiger charge is 2.36. The van der Waals surface area contributed by atoms with E-state index in [1.807, 2.05) is 6.92 Å². The summed E-state index contributed by atoms with van der Waals surface area (Å²) in [7, 11) is -1.58. The zero-order valence-electron chi connectivity index (χ0n) is 19.9. The number of ether oxygens (including phenoxy) is 1. The number of nitrogens with one attached hydrogen (secondary N) is 1. The summed E-state index contributed by atoms with van der Waals surface area (Å²) >= 11 is 0. The lowest BCUT2D eigenvalue weighted by Gasteiger charge is -2.38. The van der Waals surface area contributed by atoms with E-state index in [2.05, 4.69) is 15.4 Å². The smallest absolute Gasteiger partial charge is 0.273 e. The van der Waals surface area contributed by atoms with Gasteiger partial charge in [-0.3, -0.25) is 4.79 Å². The van der Waals surface area contributed by atoms with Crippen LogP contribution in [0.5, 0.6) is 0 Å². The predicted octanol–water partition coefficient (Wildman–Crippen LogP) is 2.07. The van der Waals surface area contributed by atoms with Gasteiger partial charge < -0.3 is 19.5 Å². The second-order valence-corrected chi connectivity index (χ2v) is 12.0. The Bertz CT molecular complexity index is 892. The molecular formula is C23H38N4O5S. The summed E-state index contributed by atoms with van der Waals surface area (Å²) in [6.07, 6.45) is 5.66. The topological polar surface area (TPSA) is 105 Å².